The lowest BCUT2D eigenvalue weighted by Gasteiger charge is -2.07. The predicted molar refractivity (Wildman–Crippen MR) is 92.2 cm³/mol. The van der Waals surface area contributed by atoms with E-state index in [0.29, 0.717) is 5.56 Å². The van der Waals surface area contributed by atoms with Crippen molar-refractivity contribution >= 4 is 21.9 Å². The van der Waals surface area contributed by atoms with Gasteiger partial charge in [0.2, 0.25) is 5.69 Å². The molecule has 0 atom stereocenters. The zero-order valence-electron chi connectivity index (χ0n) is 15.4. The Morgan fingerprint density at radius 3 is 2.83 bits per heavy atom. The fourth-order valence-corrected chi connectivity index (χ4v) is 3.17. The van der Waals surface area contributed by atoms with Crippen molar-refractivity contribution in [2.45, 2.75) is 20.2 Å². The molecule has 3 aromatic heterocycles. The maximum Gasteiger partial charge on any atom is 0.213 e. The molecule has 3 heteroatoms. The summed E-state index contributed by atoms with van der Waals surface area (Å²) in [7, 11) is 1.95. The van der Waals surface area contributed by atoms with Crippen LogP contribution in [0.2, 0.25) is 0 Å². The van der Waals surface area contributed by atoms with E-state index in [2.05, 4.69) is 18.0 Å². The minimum atomic E-state index is -1.37. The van der Waals surface area contributed by atoms with E-state index in [1.807, 2.05) is 42.1 Å². The van der Waals surface area contributed by atoms with Crippen LogP contribution >= 0.6 is 0 Å². The van der Waals surface area contributed by atoms with Crippen LogP contribution in [-0.2, 0) is 13.4 Å². The molecule has 3 nitrogen and oxygen atoms in total. The second-order valence-corrected chi connectivity index (χ2v) is 5.77. The molecule has 0 aliphatic rings. The highest BCUT2D eigenvalue weighted by molar-refractivity contribution is 6.12. The van der Waals surface area contributed by atoms with Gasteiger partial charge in [0.05, 0.1) is 11.8 Å². The largest absolute Gasteiger partial charge is 0.454 e. The summed E-state index contributed by atoms with van der Waals surface area (Å²) in [5.41, 5.74) is 5.54. The van der Waals surface area contributed by atoms with E-state index in [9.17, 15) is 0 Å². The smallest absolute Gasteiger partial charge is 0.213 e. The summed E-state index contributed by atoms with van der Waals surface area (Å²) in [6.45, 7) is 3.66. The van der Waals surface area contributed by atoms with Gasteiger partial charge in [-0.05, 0) is 37.1 Å². The van der Waals surface area contributed by atoms with Gasteiger partial charge in [0.25, 0.3) is 0 Å². The fraction of sp³-hybridized carbons (Fsp3) is 0.200. The highest BCUT2D eigenvalue weighted by Gasteiger charge is 2.20. The van der Waals surface area contributed by atoms with Crippen molar-refractivity contribution in [1.82, 2.24) is 4.98 Å². The Morgan fingerprint density at radius 2 is 2.04 bits per heavy atom. The topological polar surface area (TPSA) is 29.9 Å². The SMILES string of the molecule is [2H]C([2H])(C)c1ccc(-c2c(C)ccc3oc4cnccc4c23)[n+](C)c1. The van der Waals surface area contributed by atoms with Crippen LogP contribution in [0.15, 0.2) is 53.3 Å². The van der Waals surface area contributed by atoms with Crippen molar-refractivity contribution in [3.05, 3.63) is 60.0 Å². The molecular weight excluding hydrogens is 284 g/mol. The van der Waals surface area contributed by atoms with Crippen molar-refractivity contribution in [3.63, 3.8) is 0 Å². The maximum atomic E-state index is 7.93. The molecule has 0 radical (unpaired) electrons. The maximum absolute atomic E-state index is 7.93. The fourth-order valence-electron chi connectivity index (χ4n) is 3.17. The third-order valence-corrected chi connectivity index (χ3v) is 4.33. The number of aromatic nitrogens is 2. The van der Waals surface area contributed by atoms with Gasteiger partial charge in [-0.15, -0.1) is 0 Å². The van der Waals surface area contributed by atoms with Crippen LogP contribution in [-0.4, -0.2) is 4.98 Å². The summed E-state index contributed by atoms with van der Waals surface area (Å²) in [6, 6.07) is 9.87. The summed E-state index contributed by atoms with van der Waals surface area (Å²) in [6.07, 6.45) is 4.00. The van der Waals surface area contributed by atoms with E-state index in [1.54, 1.807) is 19.3 Å². The van der Waals surface area contributed by atoms with Crippen molar-refractivity contribution in [3.8, 4) is 11.3 Å². The molecule has 0 saturated carbocycles. The first kappa shape index (κ1) is 11.8. The molecule has 0 bridgehead atoms. The van der Waals surface area contributed by atoms with Gasteiger partial charge in [-0.3, -0.25) is 4.98 Å². The number of hydrogen-bond donors (Lipinski definition) is 0. The van der Waals surface area contributed by atoms with E-state index < -0.39 is 6.37 Å². The van der Waals surface area contributed by atoms with Crippen molar-refractivity contribution in [2.24, 2.45) is 7.05 Å². The normalized spacial score (nSPS) is 13.3. The number of pyridine rings is 2. The first-order valence-corrected chi connectivity index (χ1v) is 7.62. The number of nitrogens with zero attached hydrogens (tertiary/aromatic N) is 2. The Morgan fingerprint density at radius 1 is 1.17 bits per heavy atom. The number of rotatable bonds is 2. The Balaban J connectivity index is 2.06. The lowest BCUT2D eigenvalue weighted by molar-refractivity contribution is -0.660. The van der Waals surface area contributed by atoms with E-state index in [4.69, 9.17) is 7.16 Å². The molecule has 0 N–H and O–H groups in total. The molecule has 114 valence electrons. The molecule has 0 spiro atoms. The molecule has 0 unspecified atom stereocenters. The molecular formula is C20H19N2O+. The van der Waals surface area contributed by atoms with Gasteiger partial charge in [-0.25, -0.2) is 4.57 Å². The van der Waals surface area contributed by atoms with Crippen LogP contribution in [0.4, 0.5) is 0 Å². The van der Waals surface area contributed by atoms with Gasteiger partial charge >= 0.3 is 0 Å². The summed E-state index contributed by atoms with van der Waals surface area (Å²) in [5, 5.41) is 2.11. The molecule has 0 aliphatic carbocycles. The quantitative estimate of drug-likeness (QED) is 0.516. The standard InChI is InChI=1S/C20H19N2O/c1-4-14-6-7-16(22(3)12-14)19-13(2)5-8-17-20(19)15-9-10-21-11-18(15)23-17/h5-12H,4H2,1-3H3/q+1/i4D2. The first-order valence-electron chi connectivity index (χ1n) is 8.62. The zero-order chi connectivity index (χ0) is 17.8. The van der Waals surface area contributed by atoms with E-state index in [0.717, 1.165) is 38.8 Å². The second kappa shape index (κ2) is 5.20. The van der Waals surface area contributed by atoms with Crippen LogP contribution in [0.1, 0.15) is 20.8 Å². The number of benzene rings is 1. The van der Waals surface area contributed by atoms with Gasteiger partial charge < -0.3 is 4.42 Å². The van der Waals surface area contributed by atoms with Gasteiger partial charge in [-0.2, -0.15) is 0 Å². The summed E-state index contributed by atoms with van der Waals surface area (Å²) in [5.74, 6) is 0. The molecule has 1 aromatic carbocycles. The average Bonchev–Trinajstić information content (AvgIpc) is 2.93. The van der Waals surface area contributed by atoms with Crippen LogP contribution in [0.3, 0.4) is 0 Å². The molecule has 23 heavy (non-hydrogen) atoms. The third-order valence-electron chi connectivity index (χ3n) is 4.33. The van der Waals surface area contributed by atoms with E-state index in [-0.39, 0.29) is 0 Å². The molecule has 0 saturated heterocycles. The summed E-state index contributed by atoms with van der Waals surface area (Å²) >= 11 is 0. The first-order chi connectivity index (χ1) is 11.9. The van der Waals surface area contributed by atoms with Gasteiger partial charge in [0.15, 0.2) is 11.8 Å². The minimum Gasteiger partial charge on any atom is -0.454 e. The Hall–Kier alpha value is -2.68. The second-order valence-electron chi connectivity index (χ2n) is 5.77. The van der Waals surface area contributed by atoms with Crippen LogP contribution in [0.25, 0.3) is 33.2 Å². The number of furan rings is 1. The van der Waals surface area contributed by atoms with Crippen molar-refractivity contribution in [1.29, 1.82) is 0 Å². The third kappa shape index (κ3) is 2.12. The number of fused-ring (bicyclic) bond motifs is 3. The highest BCUT2D eigenvalue weighted by atomic mass is 16.3. The molecule has 0 amide bonds. The van der Waals surface area contributed by atoms with Crippen LogP contribution < -0.4 is 4.57 Å². The monoisotopic (exact) mass is 305 g/mol. The minimum absolute atomic E-state index is 0.657. The van der Waals surface area contributed by atoms with Crippen LogP contribution in [0.5, 0.6) is 0 Å². The lowest BCUT2D eigenvalue weighted by atomic mass is 9.98. The Kier molecular flexibility index (Phi) is 2.67. The van der Waals surface area contributed by atoms with Crippen molar-refractivity contribution in [2.75, 3.05) is 0 Å². The summed E-state index contributed by atoms with van der Waals surface area (Å²) < 4.78 is 23.8. The Bertz CT molecular complexity index is 1110. The van der Waals surface area contributed by atoms with Gasteiger partial charge in [0.1, 0.15) is 12.6 Å². The molecule has 4 aromatic rings. The average molecular weight is 305 g/mol. The number of hydrogen-bond acceptors (Lipinski definition) is 2. The predicted octanol–water partition coefficient (Wildman–Crippen LogP) is 4.34. The molecule has 4 rings (SSSR count). The summed E-state index contributed by atoms with van der Waals surface area (Å²) in [4.78, 5) is 4.15. The highest BCUT2D eigenvalue weighted by Crippen LogP contribution is 2.37. The van der Waals surface area contributed by atoms with Crippen LogP contribution in [0, 0.1) is 6.92 Å². The molecule has 3 heterocycles. The van der Waals surface area contributed by atoms with Crippen molar-refractivity contribution < 1.29 is 11.7 Å². The molecule has 0 aliphatic heterocycles. The van der Waals surface area contributed by atoms with Gasteiger partial charge in [-0.1, -0.05) is 13.0 Å². The van der Waals surface area contributed by atoms with E-state index in [1.165, 1.54) is 0 Å². The number of aryl methyl sites for hydroxylation is 3. The zero-order valence-corrected chi connectivity index (χ0v) is 13.4. The van der Waals surface area contributed by atoms with E-state index >= 15 is 0 Å². The van der Waals surface area contributed by atoms with Gasteiger partial charge in [0, 0.05) is 31.3 Å². The Labute approximate surface area is 138 Å². The molecule has 0 fully saturated rings. The lowest BCUT2D eigenvalue weighted by Crippen LogP contribution is -2.31.